The number of carbonyl (C=O) groups excluding carboxylic acids is 2. The smallest absolute Gasteiger partial charge is 0.397 e. The van der Waals surface area contributed by atoms with Gasteiger partial charge in [-0.3, -0.25) is 9.59 Å². The number of hydrogen-bond acceptors (Lipinski definition) is 7. The van der Waals surface area contributed by atoms with Crippen LogP contribution in [0.3, 0.4) is 0 Å². The van der Waals surface area contributed by atoms with E-state index < -0.39 is 42.2 Å². The van der Waals surface area contributed by atoms with Crippen molar-refractivity contribution in [3.63, 3.8) is 0 Å². The summed E-state index contributed by atoms with van der Waals surface area (Å²) in [7, 11) is 1.42. The van der Waals surface area contributed by atoms with E-state index in [9.17, 15) is 22.8 Å². The first-order chi connectivity index (χ1) is 22.0. The summed E-state index contributed by atoms with van der Waals surface area (Å²) in [5, 5.41) is 17.6. The molecule has 2 aliphatic heterocycles. The van der Waals surface area contributed by atoms with Crippen LogP contribution in [0, 0.1) is 23.1 Å². The minimum atomic E-state index is -4.70. The highest BCUT2D eigenvalue weighted by Gasteiger charge is 2.43. The third-order valence-electron chi connectivity index (χ3n) is 8.46. The van der Waals surface area contributed by atoms with Crippen LogP contribution >= 0.6 is 11.6 Å². The van der Waals surface area contributed by atoms with Crippen molar-refractivity contribution in [1.29, 1.82) is 5.26 Å². The minimum absolute atomic E-state index is 0.00247. The second kappa shape index (κ2) is 13.9. The summed E-state index contributed by atoms with van der Waals surface area (Å²) in [5.41, 5.74) is 1.08. The van der Waals surface area contributed by atoms with Crippen molar-refractivity contribution < 1.29 is 31.9 Å². The van der Waals surface area contributed by atoms with E-state index in [1.807, 2.05) is 6.07 Å². The molecular formula is C32H31ClF4N6O3. The molecule has 3 aromatic rings. The molecule has 0 N–H and O–H groups in total. The highest BCUT2D eigenvalue weighted by Crippen LogP contribution is 2.39. The average Bonchev–Trinajstić information content (AvgIpc) is 3.45. The molecule has 3 atom stereocenters. The summed E-state index contributed by atoms with van der Waals surface area (Å²) >= 11 is 6.03. The second-order valence-corrected chi connectivity index (χ2v) is 11.7. The number of anilines is 1. The van der Waals surface area contributed by atoms with Crippen molar-refractivity contribution in [1.82, 2.24) is 20.0 Å². The normalized spacial score (nSPS) is 20.5. The maximum absolute atomic E-state index is 15.4. The minimum Gasteiger partial charge on any atom is -0.497 e. The van der Waals surface area contributed by atoms with Crippen molar-refractivity contribution in [2.45, 2.75) is 37.4 Å². The number of nitrogens with zero attached hydrogens (tertiary/aromatic N) is 6. The molecule has 2 aromatic carbocycles. The van der Waals surface area contributed by atoms with E-state index in [1.54, 1.807) is 52.3 Å². The molecule has 2 amide bonds. The number of amides is 2. The molecule has 0 bridgehead atoms. The van der Waals surface area contributed by atoms with Crippen LogP contribution < -0.4 is 9.64 Å². The summed E-state index contributed by atoms with van der Waals surface area (Å²) in [5.74, 6) is -2.55. The van der Waals surface area contributed by atoms with Gasteiger partial charge in [0.1, 0.15) is 24.1 Å². The highest BCUT2D eigenvalue weighted by atomic mass is 35.5. The van der Waals surface area contributed by atoms with Gasteiger partial charge in [0.25, 0.3) is 0 Å². The first-order valence-corrected chi connectivity index (χ1v) is 15.1. The number of rotatable bonds is 6. The first-order valence-electron chi connectivity index (χ1n) is 14.7. The molecule has 14 heteroatoms. The number of halogens is 5. The highest BCUT2D eigenvalue weighted by molar-refractivity contribution is 6.30. The molecule has 2 aliphatic rings. The summed E-state index contributed by atoms with van der Waals surface area (Å²) in [6.45, 7) is 0.568. The summed E-state index contributed by atoms with van der Waals surface area (Å²) in [6, 6.07) is 15.5. The fraction of sp³-hybridized carbons (Fsp3) is 0.406. The van der Waals surface area contributed by atoms with Gasteiger partial charge in [0.05, 0.1) is 19.1 Å². The van der Waals surface area contributed by atoms with Gasteiger partial charge >= 0.3 is 6.18 Å². The summed E-state index contributed by atoms with van der Waals surface area (Å²) in [6.07, 6.45) is -5.58. The zero-order valence-electron chi connectivity index (χ0n) is 24.9. The largest absolute Gasteiger partial charge is 0.497 e. The number of nitriles is 1. The van der Waals surface area contributed by atoms with E-state index in [0.717, 1.165) is 0 Å². The van der Waals surface area contributed by atoms with Gasteiger partial charge in [-0.1, -0.05) is 29.8 Å². The Morgan fingerprint density at radius 3 is 2.43 bits per heavy atom. The van der Waals surface area contributed by atoms with E-state index in [1.165, 1.54) is 24.1 Å². The third-order valence-corrected chi connectivity index (χ3v) is 8.72. The maximum atomic E-state index is 15.4. The molecule has 3 heterocycles. The Hall–Kier alpha value is -4.44. The Kier molecular flexibility index (Phi) is 9.96. The first kappa shape index (κ1) is 32.9. The molecule has 2 fully saturated rings. The van der Waals surface area contributed by atoms with Gasteiger partial charge < -0.3 is 19.4 Å². The molecule has 3 unspecified atom stereocenters. The van der Waals surface area contributed by atoms with E-state index >= 15 is 4.39 Å². The van der Waals surface area contributed by atoms with E-state index in [-0.39, 0.29) is 37.8 Å². The Labute approximate surface area is 268 Å². The number of methoxy groups -OCH3 is 1. The predicted molar refractivity (Wildman–Crippen MR) is 161 cm³/mol. The molecule has 0 spiro atoms. The van der Waals surface area contributed by atoms with Gasteiger partial charge in [-0.05, 0) is 54.3 Å². The number of benzene rings is 2. The van der Waals surface area contributed by atoms with Crippen LogP contribution in [0.25, 0.3) is 0 Å². The van der Waals surface area contributed by atoms with Crippen LogP contribution in [-0.4, -0.2) is 77.8 Å². The van der Waals surface area contributed by atoms with Crippen LogP contribution in [-0.2, 0) is 9.59 Å². The van der Waals surface area contributed by atoms with Gasteiger partial charge in [-0.2, -0.15) is 18.4 Å². The lowest BCUT2D eigenvalue weighted by atomic mass is 9.87. The molecule has 242 valence electrons. The van der Waals surface area contributed by atoms with Crippen LogP contribution in [0.15, 0.2) is 54.6 Å². The molecule has 9 nitrogen and oxygen atoms in total. The lowest BCUT2D eigenvalue weighted by Gasteiger charge is -2.38. The molecule has 5 rings (SSSR count). The van der Waals surface area contributed by atoms with Crippen molar-refractivity contribution in [3.8, 4) is 11.8 Å². The fourth-order valence-electron chi connectivity index (χ4n) is 6.23. The van der Waals surface area contributed by atoms with Crippen molar-refractivity contribution in [2.24, 2.45) is 5.92 Å². The van der Waals surface area contributed by atoms with Gasteiger partial charge in [-0.25, -0.2) is 4.39 Å². The Morgan fingerprint density at radius 1 is 1.04 bits per heavy atom. The number of hydrogen-bond donors (Lipinski definition) is 0. The Balaban J connectivity index is 1.42. The Morgan fingerprint density at radius 2 is 1.80 bits per heavy atom. The topological polar surface area (TPSA) is 103 Å². The number of alkyl halides is 3. The molecular weight excluding hydrogens is 628 g/mol. The van der Waals surface area contributed by atoms with Crippen molar-refractivity contribution in [3.05, 3.63) is 82.3 Å². The van der Waals surface area contributed by atoms with Crippen molar-refractivity contribution in [2.75, 3.05) is 44.7 Å². The van der Waals surface area contributed by atoms with Gasteiger partial charge in [0.2, 0.25) is 11.8 Å². The van der Waals surface area contributed by atoms with Crippen LogP contribution in [0.1, 0.15) is 48.0 Å². The zero-order chi connectivity index (χ0) is 33.0. The quantitative estimate of drug-likeness (QED) is 0.322. The lowest BCUT2D eigenvalue weighted by molar-refractivity contribution is -0.164. The summed E-state index contributed by atoms with van der Waals surface area (Å²) < 4.78 is 60.6. The predicted octanol–water partition coefficient (Wildman–Crippen LogP) is 5.51. The maximum Gasteiger partial charge on any atom is 0.397 e. The van der Waals surface area contributed by atoms with Gasteiger partial charge in [0.15, 0.2) is 11.5 Å². The van der Waals surface area contributed by atoms with Crippen LogP contribution in [0.4, 0.5) is 23.4 Å². The standard InChI is InChI=1S/C32H31ClF4N6O3/c1-46-23-9-10-24(27(34)15-23)25-18-42(29-11-8-22(17-38)39-40-29)19-26(25)31(45)41-12-2-3-28(20-4-6-21(33)7-5-20)43(14-13-41)30(44)16-32(35,36)37/h4-11,15,25-26,28H,2-3,12-14,16,18-19H2,1H3. The third kappa shape index (κ3) is 7.50. The number of ether oxygens (including phenoxy) is 1. The molecule has 2 saturated heterocycles. The van der Waals surface area contributed by atoms with E-state index in [4.69, 9.17) is 21.6 Å². The molecule has 0 radical (unpaired) electrons. The number of carbonyl (C=O) groups is 2. The van der Waals surface area contributed by atoms with Gasteiger partial charge in [-0.15, -0.1) is 10.2 Å². The van der Waals surface area contributed by atoms with Crippen LogP contribution in [0.5, 0.6) is 5.75 Å². The van der Waals surface area contributed by atoms with Crippen molar-refractivity contribution >= 4 is 29.2 Å². The van der Waals surface area contributed by atoms with E-state index in [2.05, 4.69) is 10.2 Å². The zero-order valence-corrected chi connectivity index (χ0v) is 25.6. The molecule has 0 aliphatic carbocycles. The van der Waals surface area contributed by atoms with Crippen LogP contribution in [0.2, 0.25) is 5.02 Å². The van der Waals surface area contributed by atoms with E-state index in [0.29, 0.717) is 47.1 Å². The monoisotopic (exact) mass is 658 g/mol. The molecule has 46 heavy (non-hydrogen) atoms. The fourth-order valence-corrected chi connectivity index (χ4v) is 6.36. The lowest BCUT2D eigenvalue weighted by Crippen LogP contribution is -2.48. The van der Waals surface area contributed by atoms with Gasteiger partial charge in [0, 0.05) is 49.7 Å². The molecule has 1 aromatic heterocycles. The Bertz CT molecular complexity index is 1600. The molecule has 0 saturated carbocycles. The summed E-state index contributed by atoms with van der Waals surface area (Å²) in [4.78, 5) is 31.8. The average molecular weight is 659 g/mol. The number of aromatic nitrogens is 2. The second-order valence-electron chi connectivity index (χ2n) is 11.3. The SMILES string of the molecule is COc1ccc(C2CN(c3ccc(C#N)nn3)CC2C(=O)N2CCCC(c3ccc(Cl)cc3)N(C(=O)CC(F)(F)F)CC2)c(F)c1.